The van der Waals surface area contributed by atoms with E-state index in [-0.39, 0.29) is 23.6 Å². The quantitative estimate of drug-likeness (QED) is 0.257. The molecule has 0 aromatic heterocycles. The second kappa shape index (κ2) is 13.9. The lowest BCUT2D eigenvalue weighted by molar-refractivity contribution is 0.0846. The van der Waals surface area contributed by atoms with E-state index in [9.17, 15) is 18.8 Å². The molecule has 0 aliphatic rings. The highest BCUT2D eigenvalue weighted by atomic mass is 19.1. The number of anilines is 1. The van der Waals surface area contributed by atoms with E-state index < -0.39 is 17.6 Å². The van der Waals surface area contributed by atoms with Gasteiger partial charge in [0.2, 0.25) is 5.75 Å². The Hall–Kier alpha value is -5.58. The standard InChI is InChI=1S/C32H30FN3O7/c1-40-26-15-5-20(6-16-26)19-36(25-17-27(41-2)29(43-4)28(18-25)42-3)32(39)23-9-7-21(8-10-23)30(37)34-35-31(38)22-11-13-24(33)14-12-22/h5-18H,19H2,1-4H3,(H,34,37)(H,35,38). The molecule has 4 rings (SSSR count). The number of amides is 3. The third-order valence-electron chi connectivity index (χ3n) is 6.50. The van der Waals surface area contributed by atoms with E-state index in [1.54, 1.807) is 36.3 Å². The summed E-state index contributed by atoms with van der Waals surface area (Å²) in [6.07, 6.45) is 0. The van der Waals surface area contributed by atoms with Gasteiger partial charge in [0, 0.05) is 28.8 Å². The molecular weight excluding hydrogens is 557 g/mol. The van der Waals surface area contributed by atoms with Gasteiger partial charge in [0.05, 0.1) is 40.7 Å². The van der Waals surface area contributed by atoms with Crippen molar-refractivity contribution in [3.05, 3.63) is 113 Å². The molecule has 222 valence electrons. The molecule has 43 heavy (non-hydrogen) atoms. The fourth-order valence-corrected chi connectivity index (χ4v) is 4.20. The van der Waals surface area contributed by atoms with Crippen LogP contribution in [0.5, 0.6) is 23.0 Å². The van der Waals surface area contributed by atoms with Crippen molar-refractivity contribution in [2.24, 2.45) is 0 Å². The minimum absolute atomic E-state index is 0.173. The first-order chi connectivity index (χ1) is 20.8. The van der Waals surface area contributed by atoms with Crippen LogP contribution in [0.2, 0.25) is 0 Å². The molecule has 10 nitrogen and oxygen atoms in total. The molecule has 0 unspecified atom stereocenters. The minimum Gasteiger partial charge on any atom is -0.497 e. The summed E-state index contributed by atoms with van der Waals surface area (Å²) in [5, 5.41) is 0. The molecule has 3 amide bonds. The highest BCUT2D eigenvalue weighted by Gasteiger charge is 2.23. The van der Waals surface area contributed by atoms with Crippen LogP contribution in [0.3, 0.4) is 0 Å². The Morgan fingerprint density at radius 1 is 0.651 bits per heavy atom. The summed E-state index contributed by atoms with van der Waals surface area (Å²) in [6, 6.07) is 21.5. The van der Waals surface area contributed by atoms with Crippen LogP contribution in [-0.2, 0) is 6.54 Å². The van der Waals surface area contributed by atoms with Gasteiger partial charge in [-0.1, -0.05) is 12.1 Å². The molecule has 4 aromatic carbocycles. The monoisotopic (exact) mass is 587 g/mol. The van der Waals surface area contributed by atoms with E-state index in [1.165, 1.54) is 57.7 Å². The van der Waals surface area contributed by atoms with Crippen molar-refractivity contribution in [1.82, 2.24) is 10.9 Å². The van der Waals surface area contributed by atoms with E-state index in [4.69, 9.17) is 18.9 Å². The lowest BCUT2D eigenvalue weighted by atomic mass is 10.1. The molecule has 0 aliphatic carbocycles. The van der Waals surface area contributed by atoms with Gasteiger partial charge in [-0.3, -0.25) is 25.2 Å². The van der Waals surface area contributed by atoms with Crippen LogP contribution in [0.15, 0.2) is 84.9 Å². The van der Waals surface area contributed by atoms with Gasteiger partial charge in [0.15, 0.2) is 11.5 Å². The summed E-state index contributed by atoms with van der Waals surface area (Å²) in [6.45, 7) is 0.194. The molecule has 0 aliphatic heterocycles. The highest BCUT2D eigenvalue weighted by Crippen LogP contribution is 2.41. The molecule has 11 heteroatoms. The average molecular weight is 588 g/mol. The summed E-state index contributed by atoms with van der Waals surface area (Å²) in [5.41, 5.74) is 6.58. The maximum atomic E-state index is 13.9. The van der Waals surface area contributed by atoms with Crippen LogP contribution in [-0.4, -0.2) is 46.2 Å². The first-order valence-electron chi connectivity index (χ1n) is 13.0. The Kier molecular flexibility index (Phi) is 9.79. The van der Waals surface area contributed by atoms with E-state index in [2.05, 4.69) is 10.9 Å². The first kappa shape index (κ1) is 30.4. The first-order valence-corrected chi connectivity index (χ1v) is 13.0. The molecule has 0 saturated carbocycles. The zero-order valence-corrected chi connectivity index (χ0v) is 24.0. The number of nitrogens with zero attached hydrogens (tertiary/aromatic N) is 1. The second-order valence-electron chi connectivity index (χ2n) is 9.12. The number of hydrogen-bond acceptors (Lipinski definition) is 7. The van der Waals surface area contributed by atoms with E-state index >= 15 is 0 Å². The van der Waals surface area contributed by atoms with Gasteiger partial charge < -0.3 is 23.8 Å². The van der Waals surface area contributed by atoms with Gasteiger partial charge >= 0.3 is 0 Å². The van der Waals surface area contributed by atoms with Crippen LogP contribution in [0, 0.1) is 5.82 Å². The smallest absolute Gasteiger partial charge is 0.269 e. The topological polar surface area (TPSA) is 115 Å². The van der Waals surface area contributed by atoms with Gasteiger partial charge in [-0.25, -0.2) is 4.39 Å². The SMILES string of the molecule is COc1ccc(CN(C(=O)c2ccc(C(=O)NNC(=O)c3ccc(F)cc3)cc2)c2cc(OC)c(OC)c(OC)c2)cc1. The molecule has 0 bridgehead atoms. The Morgan fingerprint density at radius 3 is 1.60 bits per heavy atom. The molecule has 0 fully saturated rings. The van der Waals surface area contributed by atoms with Crippen LogP contribution >= 0.6 is 0 Å². The van der Waals surface area contributed by atoms with Crippen molar-refractivity contribution >= 4 is 23.4 Å². The van der Waals surface area contributed by atoms with Gasteiger partial charge in [0.1, 0.15) is 11.6 Å². The maximum absolute atomic E-state index is 13.9. The number of rotatable bonds is 10. The summed E-state index contributed by atoms with van der Waals surface area (Å²) < 4.78 is 34.8. The molecule has 0 spiro atoms. The molecule has 0 saturated heterocycles. The number of benzene rings is 4. The Morgan fingerprint density at radius 2 is 1.14 bits per heavy atom. The maximum Gasteiger partial charge on any atom is 0.269 e. The van der Waals surface area contributed by atoms with E-state index in [0.717, 1.165) is 17.7 Å². The molecule has 0 radical (unpaired) electrons. The predicted molar refractivity (Wildman–Crippen MR) is 157 cm³/mol. The Balaban J connectivity index is 1.58. The van der Waals surface area contributed by atoms with Crippen LogP contribution in [0.1, 0.15) is 36.6 Å². The molecule has 4 aromatic rings. The second-order valence-corrected chi connectivity index (χ2v) is 9.12. The highest BCUT2D eigenvalue weighted by molar-refractivity contribution is 6.07. The summed E-state index contributed by atoms with van der Waals surface area (Å²) in [7, 11) is 6.04. The minimum atomic E-state index is -0.611. The third kappa shape index (κ3) is 7.20. The van der Waals surface area contributed by atoms with Crippen LogP contribution in [0.4, 0.5) is 10.1 Å². The van der Waals surface area contributed by atoms with Gasteiger partial charge in [0.25, 0.3) is 17.7 Å². The number of hydrogen-bond donors (Lipinski definition) is 2. The van der Waals surface area contributed by atoms with Crippen molar-refractivity contribution in [2.75, 3.05) is 33.3 Å². The van der Waals surface area contributed by atoms with Crippen molar-refractivity contribution in [2.45, 2.75) is 6.54 Å². The largest absolute Gasteiger partial charge is 0.497 e. The van der Waals surface area contributed by atoms with Crippen LogP contribution in [0.25, 0.3) is 0 Å². The zero-order valence-electron chi connectivity index (χ0n) is 24.0. The van der Waals surface area contributed by atoms with E-state index in [0.29, 0.717) is 34.2 Å². The number of nitrogens with one attached hydrogen (secondary N) is 2. The van der Waals surface area contributed by atoms with Crippen molar-refractivity contribution in [3.8, 4) is 23.0 Å². The molecular formula is C32H30FN3O7. The molecule has 0 heterocycles. The predicted octanol–water partition coefficient (Wildman–Crippen LogP) is 4.78. The average Bonchev–Trinajstić information content (AvgIpc) is 3.05. The summed E-state index contributed by atoms with van der Waals surface area (Å²) >= 11 is 0. The van der Waals surface area contributed by atoms with Gasteiger partial charge in [-0.05, 0) is 66.2 Å². The van der Waals surface area contributed by atoms with Crippen molar-refractivity contribution in [1.29, 1.82) is 0 Å². The number of hydrazine groups is 1. The zero-order chi connectivity index (χ0) is 30.9. The van der Waals surface area contributed by atoms with E-state index in [1.807, 2.05) is 12.1 Å². The summed E-state index contributed by atoms with van der Waals surface area (Å²) in [5.74, 6) is -0.249. The number of ether oxygens (including phenoxy) is 4. The third-order valence-corrected chi connectivity index (χ3v) is 6.50. The number of carbonyl (C=O) groups excluding carboxylic acids is 3. The van der Waals surface area contributed by atoms with Gasteiger partial charge in [-0.15, -0.1) is 0 Å². The molecule has 0 atom stereocenters. The van der Waals surface area contributed by atoms with Crippen molar-refractivity contribution in [3.63, 3.8) is 0 Å². The lowest BCUT2D eigenvalue weighted by Gasteiger charge is -2.25. The van der Waals surface area contributed by atoms with Gasteiger partial charge in [-0.2, -0.15) is 0 Å². The fourth-order valence-electron chi connectivity index (χ4n) is 4.20. The van der Waals surface area contributed by atoms with Crippen molar-refractivity contribution < 1.29 is 37.7 Å². The fraction of sp³-hybridized carbons (Fsp3) is 0.156. The number of carbonyl (C=O) groups is 3. The number of halogens is 1. The van der Waals surface area contributed by atoms with Crippen LogP contribution < -0.4 is 34.7 Å². The normalized spacial score (nSPS) is 10.3. The Labute approximate surface area is 247 Å². The molecule has 2 N–H and O–H groups in total. The lowest BCUT2D eigenvalue weighted by Crippen LogP contribution is -2.41. The Bertz CT molecular complexity index is 1570. The number of methoxy groups -OCH3 is 4. The summed E-state index contributed by atoms with van der Waals surface area (Å²) in [4.78, 5) is 40.3.